The van der Waals surface area contributed by atoms with E-state index in [1.54, 1.807) is 0 Å². The van der Waals surface area contributed by atoms with E-state index in [1.165, 1.54) is 0 Å². The summed E-state index contributed by atoms with van der Waals surface area (Å²) < 4.78 is 5.39. The van der Waals surface area contributed by atoms with Crippen molar-refractivity contribution in [3.05, 3.63) is 0 Å². The first-order chi connectivity index (χ1) is 3.56. The maximum Gasteiger partial charge on any atom is 0.175 e. The molecule has 0 aromatic carbocycles. The predicted octanol–water partition coefficient (Wildman–Crippen LogP) is -0.199. The van der Waals surface area contributed by atoms with Crippen LogP contribution in [0.25, 0.3) is 0 Å². The minimum Gasteiger partial charge on any atom is -0.418 e. The van der Waals surface area contributed by atoms with Crippen molar-refractivity contribution < 1.29 is 4.43 Å². The Morgan fingerprint density at radius 2 is 2.00 bits per heavy atom. The maximum absolute atomic E-state index is 5.39. The van der Waals surface area contributed by atoms with E-state index in [9.17, 15) is 0 Å². The molecule has 0 radical (unpaired) electrons. The van der Waals surface area contributed by atoms with Crippen LogP contribution in [0.15, 0.2) is 0 Å². The molecule has 2 nitrogen and oxygen atoms in total. The van der Waals surface area contributed by atoms with Crippen LogP contribution in [-0.2, 0) is 4.43 Å². The summed E-state index contributed by atoms with van der Waals surface area (Å²) in [6.07, 6.45) is 0.747. The smallest absolute Gasteiger partial charge is 0.175 e. The van der Waals surface area contributed by atoms with Crippen LogP contribution in [0.2, 0.25) is 0 Å². The second kappa shape index (κ2) is 3.22. The van der Waals surface area contributed by atoms with Gasteiger partial charge in [-0.15, -0.1) is 0 Å². The number of rotatable bonds is 2. The molecule has 0 bridgehead atoms. The van der Waals surface area contributed by atoms with Gasteiger partial charge in [0.05, 0.1) is 0 Å². The van der Waals surface area contributed by atoms with E-state index >= 15 is 0 Å². The molecule has 0 fully saturated rings. The Bertz CT molecular complexity index is 59.9. The lowest BCUT2D eigenvalue weighted by Gasteiger charge is -2.18. The van der Waals surface area contributed by atoms with Crippen molar-refractivity contribution >= 4 is 9.76 Å². The molecule has 2 N–H and O–H groups in total. The third-order valence-electron chi connectivity index (χ3n) is 0.653. The third kappa shape index (κ3) is 6.14. The summed E-state index contributed by atoms with van der Waals surface area (Å²) in [6.45, 7) is 6.15. The van der Waals surface area contributed by atoms with Gasteiger partial charge in [-0.2, -0.15) is 0 Å². The van der Waals surface area contributed by atoms with Gasteiger partial charge in [0.15, 0.2) is 9.76 Å². The minimum absolute atomic E-state index is 0.0333. The Kier molecular flexibility index (Phi) is 3.27. The normalized spacial score (nSPS) is 13.5. The van der Waals surface area contributed by atoms with Crippen molar-refractivity contribution in [2.75, 3.05) is 6.17 Å². The minimum atomic E-state index is -0.405. The van der Waals surface area contributed by atoms with Crippen LogP contribution in [0, 0.1) is 0 Å². The highest BCUT2D eigenvalue weighted by molar-refractivity contribution is 6.27. The highest BCUT2D eigenvalue weighted by atomic mass is 28.2. The molecule has 0 aromatic rings. The Morgan fingerprint density at radius 1 is 1.50 bits per heavy atom. The van der Waals surface area contributed by atoms with Crippen LogP contribution in [-0.4, -0.2) is 21.5 Å². The summed E-state index contributed by atoms with van der Waals surface area (Å²) in [5.74, 6) is 0. The van der Waals surface area contributed by atoms with Gasteiger partial charge >= 0.3 is 0 Å². The van der Waals surface area contributed by atoms with Gasteiger partial charge in [0.25, 0.3) is 0 Å². The van der Waals surface area contributed by atoms with Crippen LogP contribution < -0.4 is 5.73 Å². The first kappa shape index (κ1) is 8.14. The van der Waals surface area contributed by atoms with Gasteiger partial charge < -0.3 is 10.2 Å². The van der Waals surface area contributed by atoms with Crippen LogP contribution in [0.5, 0.6) is 0 Å². The Labute approximate surface area is 53.4 Å². The highest BCUT2D eigenvalue weighted by Crippen LogP contribution is 2.03. The van der Waals surface area contributed by atoms with E-state index in [4.69, 9.17) is 10.2 Å². The summed E-state index contributed by atoms with van der Waals surface area (Å²) in [4.78, 5) is 0. The maximum atomic E-state index is 5.39. The Morgan fingerprint density at radius 3 is 2.12 bits per heavy atom. The zero-order valence-corrected chi connectivity index (χ0v) is 7.31. The van der Waals surface area contributed by atoms with Gasteiger partial charge in [0, 0.05) is 11.8 Å². The quantitative estimate of drug-likeness (QED) is 0.530. The van der Waals surface area contributed by atoms with Gasteiger partial charge in [-0.25, -0.2) is 0 Å². The van der Waals surface area contributed by atoms with Gasteiger partial charge in [0.2, 0.25) is 0 Å². The van der Waals surface area contributed by atoms with E-state index in [0.717, 1.165) is 6.17 Å². The summed E-state index contributed by atoms with van der Waals surface area (Å²) in [5.41, 5.74) is 5.31. The van der Waals surface area contributed by atoms with E-state index in [1.807, 2.05) is 0 Å². The largest absolute Gasteiger partial charge is 0.418 e. The molecule has 0 unspecified atom stereocenters. The molecule has 50 valence electrons. The van der Waals surface area contributed by atoms with E-state index in [2.05, 4.69) is 20.8 Å². The molecule has 0 aromatic heterocycles. The molecule has 0 heterocycles. The third-order valence-corrected chi connectivity index (χ3v) is 1.96. The molecule has 0 saturated heterocycles. The van der Waals surface area contributed by atoms with Gasteiger partial charge in [0.1, 0.15) is 0 Å². The van der Waals surface area contributed by atoms with Crippen LogP contribution in [0.1, 0.15) is 20.8 Å². The average Bonchev–Trinajstić information content (AvgIpc) is 1.59. The average molecular weight is 133 g/mol. The summed E-state index contributed by atoms with van der Waals surface area (Å²) >= 11 is 0. The number of hydrogen-bond acceptors (Lipinski definition) is 2. The predicted molar refractivity (Wildman–Crippen MR) is 38.4 cm³/mol. The topological polar surface area (TPSA) is 35.2 Å². The second-order valence-corrected chi connectivity index (χ2v) is 4.02. The molecule has 0 aliphatic carbocycles. The molecular weight excluding hydrogens is 118 g/mol. The van der Waals surface area contributed by atoms with Crippen molar-refractivity contribution in [3.8, 4) is 0 Å². The molecule has 0 rings (SSSR count). The van der Waals surface area contributed by atoms with Gasteiger partial charge in [-0.05, 0) is 20.8 Å². The van der Waals surface area contributed by atoms with Crippen LogP contribution in [0.3, 0.4) is 0 Å². The van der Waals surface area contributed by atoms with Crippen molar-refractivity contribution in [2.45, 2.75) is 26.4 Å². The van der Waals surface area contributed by atoms with E-state index < -0.39 is 9.76 Å². The fourth-order valence-electron chi connectivity index (χ4n) is 0.365. The fourth-order valence-corrected chi connectivity index (χ4v) is 1.10. The lowest BCUT2D eigenvalue weighted by atomic mass is 10.2. The summed E-state index contributed by atoms with van der Waals surface area (Å²) in [6, 6.07) is 0. The second-order valence-electron chi connectivity index (χ2n) is 2.75. The zero-order valence-electron chi connectivity index (χ0n) is 5.90. The highest BCUT2D eigenvalue weighted by Gasteiger charge is 2.07. The SMILES string of the molecule is CC(C)(C)O[SiH2]CN. The molecule has 0 atom stereocenters. The van der Waals surface area contributed by atoms with Gasteiger partial charge in [-0.3, -0.25) is 0 Å². The standard InChI is InChI=1S/C5H15NOSi/c1-5(2,3)7-8-4-6/h4,6,8H2,1-3H3. The first-order valence-electron chi connectivity index (χ1n) is 2.90. The Hall–Kier alpha value is 0.137. The number of nitrogens with two attached hydrogens (primary N) is 1. The van der Waals surface area contributed by atoms with Crippen LogP contribution >= 0.6 is 0 Å². The molecular formula is C5H15NOSi. The zero-order chi connectivity index (χ0) is 6.62. The fraction of sp³-hybridized carbons (Fsp3) is 1.00. The lowest BCUT2D eigenvalue weighted by molar-refractivity contribution is 0.138. The molecule has 0 aliphatic rings. The molecule has 0 amide bonds. The molecule has 3 heteroatoms. The van der Waals surface area contributed by atoms with Gasteiger partial charge in [-0.1, -0.05) is 0 Å². The summed E-state index contributed by atoms with van der Waals surface area (Å²) in [7, 11) is -0.405. The lowest BCUT2D eigenvalue weighted by Crippen LogP contribution is -2.25. The van der Waals surface area contributed by atoms with Crippen molar-refractivity contribution in [2.24, 2.45) is 5.73 Å². The number of hydrogen-bond donors (Lipinski definition) is 1. The van der Waals surface area contributed by atoms with E-state index in [-0.39, 0.29) is 5.60 Å². The molecule has 0 saturated carbocycles. The van der Waals surface area contributed by atoms with Crippen LogP contribution in [0.4, 0.5) is 0 Å². The molecule has 8 heavy (non-hydrogen) atoms. The van der Waals surface area contributed by atoms with Crippen molar-refractivity contribution in [1.82, 2.24) is 0 Å². The van der Waals surface area contributed by atoms with Crippen molar-refractivity contribution in [3.63, 3.8) is 0 Å². The van der Waals surface area contributed by atoms with Crippen molar-refractivity contribution in [1.29, 1.82) is 0 Å². The monoisotopic (exact) mass is 133 g/mol. The summed E-state index contributed by atoms with van der Waals surface area (Å²) in [5, 5.41) is 0. The Balaban J connectivity index is 3.11. The molecule has 0 aliphatic heterocycles. The first-order valence-corrected chi connectivity index (χ1v) is 4.48. The van der Waals surface area contributed by atoms with E-state index in [0.29, 0.717) is 0 Å². The molecule has 0 spiro atoms.